The number of anilines is 2. The van der Waals surface area contributed by atoms with Gasteiger partial charge in [0.15, 0.2) is 11.6 Å². The second kappa shape index (κ2) is 8.74. The first kappa shape index (κ1) is 21.9. The monoisotopic (exact) mass is 432 g/mol. The van der Waals surface area contributed by atoms with Crippen molar-refractivity contribution in [1.82, 2.24) is 0 Å². The largest absolute Gasteiger partial charge is 0.495 e. The predicted octanol–water partition coefficient (Wildman–Crippen LogP) is 3.81. The third-order valence-electron chi connectivity index (χ3n) is 3.90. The van der Waals surface area contributed by atoms with Crippen molar-refractivity contribution in [2.24, 2.45) is 0 Å². The molecular weight excluding hydrogens is 414 g/mol. The Morgan fingerprint density at radius 1 is 1.21 bits per heavy atom. The quantitative estimate of drug-likeness (QED) is 0.721. The van der Waals surface area contributed by atoms with Gasteiger partial charge in [-0.25, -0.2) is 17.2 Å². The average molecular weight is 433 g/mol. The molecule has 1 unspecified atom stereocenters. The first-order valence-electron chi connectivity index (χ1n) is 8.17. The number of benzene rings is 2. The van der Waals surface area contributed by atoms with Gasteiger partial charge < -0.3 is 10.1 Å². The number of rotatable bonds is 7. The third kappa shape index (κ3) is 4.90. The lowest BCUT2D eigenvalue weighted by atomic mass is 10.1. The number of hydrogen-bond donors (Lipinski definition) is 1. The summed E-state index contributed by atoms with van der Waals surface area (Å²) in [6, 6.07) is 6.03. The minimum absolute atomic E-state index is 0.00569. The van der Waals surface area contributed by atoms with Crippen LogP contribution in [0.4, 0.5) is 20.2 Å². The summed E-state index contributed by atoms with van der Waals surface area (Å²) in [5.74, 6) is -2.72. The molecule has 0 spiro atoms. The van der Waals surface area contributed by atoms with Gasteiger partial charge in [0.05, 0.1) is 19.1 Å². The van der Waals surface area contributed by atoms with Crippen LogP contribution in [0, 0.1) is 11.6 Å². The van der Waals surface area contributed by atoms with Gasteiger partial charge >= 0.3 is 0 Å². The van der Waals surface area contributed by atoms with E-state index in [1.165, 1.54) is 31.4 Å². The van der Waals surface area contributed by atoms with Crippen LogP contribution in [-0.2, 0) is 14.8 Å². The standard InChI is InChI=1S/C18H19ClF2N2O4S/c1-4-15(18(24)22-12-6-7-13(20)14(21)10-12)23(28(3,25)26)16-9-11(19)5-8-17(16)27-2/h5-10,15H,4H2,1-3H3,(H,22,24). The maximum Gasteiger partial charge on any atom is 0.248 e. The van der Waals surface area contributed by atoms with Gasteiger partial charge in [-0.05, 0) is 36.8 Å². The van der Waals surface area contributed by atoms with Gasteiger partial charge in [-0.1, -0.05) is 18.5 Å². The van der Waals surface area contributed by atoms with Crippen molar-refractivity contribution < 1.29 is 26.7 Å². The Bertz CT molecular complexity index is 986. The van der Waals surface area contributed by atoms with E-state index in [0.717, 1.165) is 22.7 Å². The molecule has 6 nitrogen and oxygen atoms in total. The van der Waals surface area contributed by atoms with Crippen LogP contribution in [0.1, 0.15) is 13.3 Å². The van der Waals surface area contributed by atoms with Crippen LogP contribution >= 0.6 is 11.6 Å². The number of nitrogens with zero attached hydrogens (tertiary/aromatic N) is 1. The second-order valence-corrected chi connectivity index (χ2v) is 8.21. The van der Waals surface area contributed by atoms with Crippen molar-refractivity contribution in [3.05, 3.63) is 53.1 Å². The van der Waals surface area contributed by atoms with Gasteiger partial charge in [0.1, 0.15) is 11.8 Å². The van der Waals surface area contributed by atoms with E-state index in [-0.39, 0.29) is 28.6 Å². The Balaban J connectivity index is 2.47. The fourth-order valence-electron chi connectivity index (χ4n) is 2.67. The molecule has 1 N–H and O–H groups in total. The minimum Gasteiger partial charge on any atom is -0.495 e. The lowest BCUT2D eigenvalue weighted by molar-refractivity contribution is -0.117. The zero-order chi connectivity index (χ0) is 21.1. The zero-order valence-electron chi connectivity index (χ0n) is 15.4. The molecule has 0 aromatic heterocycles. The van der Waals surface area contributed by atoms with Gasteiger partial charge in [-0.3, -0.25) is 9.10 Å². The number of ether oxygens (including phenoxy) is 1. The zero-order valence-corrected chi connectivity index (χ0v) is 16.9. The molecule has 2 rings (SSSR count). The number of hydrogen-bond acceptors (Lipinski definition) is 4. The van der Waals surface area contributed by atoms with Gasteiger partial charge in [-0.15, -0.1) is 0 Å². The van der Waals surface area contributed by atoms with E-state index in [1.807, 2.05) is 0 Å². The fourth-order valence-corrected chi connectivity index (χ4v) is 4.04. The summed E-state index contributed by atoms with van der Waals surface area (Å²) >= 11 is 6.00. The van der Waals surface area contributed by atoms with E-state index in [9.17, 15) is 22.0 Å². The van der Waals surface area contributed by atoms with Crippen molar-refractivity contribution in [3.8, 4) is 5.75 Å². The molecule has 0 saturated carbocycles. The molecule has 0 bridgehead atoms. The molecule has 0 saturated heterocycles. The van der Waals surface area contributed by atoms with Gasteiger partial charge in [0.2, 0.25) is 15.9 Å². The third-order valence-corrected chi connectivity index (χ3v) is 5.30. The fraction of sp³-hybridized carbons (Fsp3) is 0.278. The predicted molar refractivity (Wildman–Crippen MR) is 104 cm³/mol. The molecule has 0 aliphatic rings. The number of carbonyl (C=O) groups excluding carboxylic acids is 1. The maximum atomic E-state index is 13.4. The van der Waals surface area contributed by atoms with E-state index in [2.05, 4.69) is 5.32 Å². The van der Waals surface area contributed by atoms with Gasteiger partial charge in [0, 0.05) is 16.8 Å². The van der Waals surface area contributed by atoms with Crippen LogP contribution in [0.5, 0.6) is 5.75 Å². The molecule has 0 aliphatic carbocycles. The molecule has 0 radical (unpaired) electrons. The smallest absolute Gasteiger partial charge is 0.248 e. The Morgan fingerprint density at radius 3 is 2.43 bits per heavy atom. The molecular formula is C18H19ClF2N2O4S. The highest BCUT2D eigenvalue weighted by atomic mass is 35.5. The van der Waals surface area contributed by atoms with Crippen molar-refractivity contribution in [2.45, 2.75) is 19.4 Å². The first-order valence-corrected chi connectivity index (χ1v) is 10.4. The lowest BCUT2D eigenvalue weighted by Crippen LogP contribution is -2.47. The Kier molecular flexibility index (Phi) is 6.84. The normalized spacial score (nSPS) is 12.4. The number of sulfonamides is 1. The molecule has 0 aliphatic heterocycles. The summed E-state index contributed by atoms with van der Waals surface area (Å²) in [7, 11) is -2.57. The Hall–Kier alpha value is -2.39. The number of halogens is 3. The SMILES string of the molecule is CCC(C(=O)Nc1ccc(F)c(F)c1)N(c1cc(Cl)ccc1OC)S(C)(=O)=O. The van der Waals surface area contributed by atoms with Crippen molar-refractivity contribution in [1.29, 1.82) is 0 Å². The lowest BCUT2D eigenvalue weighted by Gasteiger charge is -2.31. The van der Waals surface area contributed by atoms with E-state index < -0.39 is 33.6 Å². The summed E-state index contributed by atoms with van der Waals surface area (Å²) in [4.78, 5) is 12.8. The minimum atomic E-state index is -3.93. The van der Waals surface area contributed by atoms with Crippen LogP contribution in [0.15, 0.2) is 36.4 Å². The van der Waals surface area contributed by atoms with Gasteiger partial charge in [-0.2, -0.15) is 0 Å². The van der Waals surface area contributed by atoms with Crippen molar-refractivity contribution in [3.63, 3.8) is 0 Å². The topological polar surface area (TPSA) is 75.7 Å². The number of methoxy groups -OCH3 is 1. The van der Waals surface area contributed by atoms with E-state index >= 15 is 0 Å². The number of nitrogens with one attached hydrogen (secondary N) is 1. The summed E-state index contributed by atoms with van der Waals surface area (Å²) in [6.07, 6.45) is 1.04. The molecule has 28 heavy (non-hydrogen) atoms. The highest BCUT2D eigenvalue weighted by Gasteiger charge is 2.33. The maximum absolute atomic E-state index is 13.4. The van der Waals surface area contributed by atoms with Crippen LogP contribution in [0.25, 0.3) is 0 Å². The van der Waals surface area contributed by atoms with Crippen LogP contribution in [0.2, 0.25) is 5.02 Å². The molecule has 2 aromatic rings. The molecule has 152 valence electrons. The number of amides is 1. The highest BCUT2D eigenvalue weighted by Crippen LogP contribution is 2.35. The van der Waals surface area contributed by atoms with Crippen molar-refractivity contribution >= 4 is 38.9 Å². The second-order valence-electron chi connectivity index (χ2n) is 5.92. The average Bonchev–Trinajstić information content (AvgIpc) is 2.61. The summed E-state index contributed by atoms with van der Waals surface area (Å²) < 4.78 is 57.6. The van der Waals surface area contributed by atoms with E-state index in [0.29, 0.717) is 0 Å². The summed E-state index contributed by atoms with van der Waals surface area (Å²) in [5.41, 5.74) is 0.0821. The highest BCUT2D eigenvalue weighted by molar-refractivity contribution is 7.92. The molecule has 0 heterocycles. The van der Waals surface area contributed by atoms with Crippen LogP contribution < -0.4 is 14.4 Å². The van der Waals surface area contributed by atoms with Crippen LogP contribution in [0.3, 0.4) is 0 Å². The molecule has 10 heteroatoms. The first-order chi connectivity index (χ1) is 13.1. The van der Waals surface area contributed by atoms with E-state index in [1.54, 1.807) is 6.92 Å². The number of carbonyl (C=O) groups is 1. The molecule has 1 amide bonds. The van der Waals surface area contributed by atoms with Crippen molar-refractivity contribution in [2.75, 3.05) is 23.0 Å². The molecule has 2 aromatic carbocycles. The Labute approximate surface area is 167 Å². The summed E-state index contributed by atoms with van der Waals surface area (Å²) in [6.45, 7) is 1.62. The molecule has 1 atom stereocenters. The molecule has 0 fully saturated rings. The van der Waals surface area contributed by atoms with E-state index in [4.69, 9.17) is 16.3 Å². The Morgan fingerprint density at radius 2 is 1.89 bits per heavy atom. The summed E-state index contributed by atoms with van der Waals surface area (Å²) in [5, 5.41) is 2.66. The van der Waals surface area contributed by atoms with Crippen LogP contribution in [-0.4, -0.2) is 33.7 Å². The van der Waals surface area contributed by atoms with Gasteiger partial charge in [0.25, 0.3) is 0 Å².